The lowest BCUT2D eigenvalue weighted by Gasteiger charge is -2.28. The maximum atomic E-state index is 10.1. The second-order valence-corrected chi connectivity index (χ2v) is 7.13. The van der Waals surface area contributed by atoms with Crippen molar-refractivity contribution in [1.29, 1.82) is 0 Å². The maximum absolute atomic E-state index is 10.1. The van der Waals surface area contributed by atoms with Crippen LogP contribution in [0.5, 0.6) is 5.75 Å². The SMILES string of the molecule is CCN(Cc1cccc(OCCN2CCCCC2)c1)[C@@H]1COC[C@H]1O. The monoisotopic (exact) mass is 348 g/mol. The van der Waals surface area contributed by atoms with Crippen molar-refractivity contribution in [2.75, 3.05) is 46.0 Å². The molecule has 2 heterocycles. The zero-order valence-electron chi connectivity index (χ0n) is 15.4. The van der Waals surface area contributed by atoms with Gasteiger partial charge >= 0.3 is 0 Å². The van der Waals surface area contributed by atoms with Crippen LogP contribution in [0.3, 0.4) is 0 Å². The molecule has 2 aliphatic rings. The number of hydrogen-bond acceptors (Lipinski definition) is 5. The summed E-state index contributed by atoms with van der Waals surface area (Å²) in [6.45, 7) is 9.07. The lowest BCUT2D eigenvalue weighted by Crippen LogP contribution is -2.42. The summed E-state index contributed by atoms with van der Waals surface area (Å²) in [4.78, 5) is 4.78. The Morgan fingerprint density at radius 2 is 2.08 bits per heavy atom. The first-order valence-electron chi connectivity index (χ1n) is 9.70. The van der Waals surface area contributed by atoms with E-state index in [-0.39, 0.29) is 12.1 Å². The van der Waals surface area contributed by atoms with Gasteiger partial charge < -0.3 is 14.6 Å². The van der Waals surface area contributed by atoms with E-state index in [1.165, 1.54) is 37.9 Å². The van der Waals surface area contributed by atoms with Gasteiger partial charge in [-0.2, -0.15) is 0 Å². The Morgan fingerprint density at radius 1 is 1.24 bits per heavy atom. The Hall–Kier alpha value is -1.14. The summed E-state index contributed by atoms with van der Waals surface area (Å²) in [6, 6.07) is 8.43. The van der Waals surface area contributed by atoms with E-state index >= 15 is 0 Å². The van der Waals surface area contributed by atoms with E-state index in [0.717, 1.165) is 32.0 Å². The largest absolute Gasteiger partial charge is 0.492 e. The zero-order chi connectivity index (χ0) is 17.5. The van der Waals surface area contributed by atoms with Crippen molar-refractivity contribution in [3.63, 3.8) is 0 Å². The zero-order valence-corrected chi connectivity index (χ0v) is 15.4. The van der Waals surface area contributed by atoms with Crippen molar-refractivity contribution in [3.8, 4) is 5.75 Å². The van der Waals surface area contributed by atoms with Gasteiger partial charge in [0.1, 0.15) is 12.4 Å². The molecule has 2 saturated heterocycles. The summed E-state index contributed by atoms with van der Waals surface area (Å²) in [6.07, 6.45) is 3.62. The summed E-state index contributed by atoms with van der Waals surface area (Å²) in [7, 11) is 0. The molecule has 1 aromatic rings. The molecule has 0 aliphatic carbocycles. The third kappa shape index (κ3) is 5.42. The molecule has 0 spiro atoms. The second kappa shape index (κ2) is 9.53. The molecule has 2 fully saturated rings. The van der Waals surface area contributed by atoms with E-state index in [1.807, 2.05) is 6.07 Å². The van der Waals surface area contributed by atoms with Crippen LogP contribution in [0.15, 0.2) is 24.3 Å². The minimum atomic E-state index is -0.385. The van der Waals surface area contributed by atoms with Crippen LogP contribution in [-0.2, 0) is 11.3 Å². The van der Waals surface area contributed by atoms with Gasteiger partial charge in [0.25, 0.3) is 0 Å². The molecule has 1 aromatic carbocycles. The number of ether oxygens (including phenoxy) is 2. The smallest absolute Gasteiger partial charge is 0.119 e. The molecule has 0 saturated carbocycles. The third-order valence-electron chi connectivity index (χ3n) is 5.31. The lowest BCUT2D eigenvalue weighted by molar-refractivity contribution is 0.0808. The highest BCUT2D eigenvalue weighted by Crippen LogP contribution is 2.19. The molecular weight excluding hydrogens is 316 g/mol. The van der Waals surface area contributed by atoms with Crippen LogP contribution in [-0.4, -0.2) is 73.1 Å². The van der Waals surface area contributed by atoms with E-state index < -0.39 is 0 Å². The van der Waals surface area contributed by atoms with Crippen LogP contribution >= 0.6 is 0 Å². The number of nitrogens with zero attached hydrogens (tertiary/aromatic N) is 2. The molecule has 2 aliphatic heterocycles. The molecule has 0 bridgehead atoms. The summed E-state index contributed by atoms with van der Waals surface area (Å²) in [5.41, 5.74) is 1.22. The van der Waals surface area contributed by atoms with E-state index in [2.05, 4.69) is 34.9 Å². The van der Waals surface area contributed by atoms with Crippen LogP contribution in [0.4, 0.5) is 0 Å². The number of hydrogen-bond donors (Lipinski definition) is 1. The molecule has 5 heteroatoms. The topological polar surface area (TPSA) is 45.2 Å². The van der Waals surface area contributed by atoms with Gasteiger partial charge in [0, 0.05) is 13.1 Å². The van der Waals surface area contributed by atoms with Gasteiger partial charge in [-0.25, -0.2) is 0 Å². The number of benzene rings is 1. The molecule has 0 aromatic heterocycles. The number of likely N-dealkylation sites (N-methyl/N-ethyl adjacent to an activating group) is 1. The van der Waals surface area contributed by atoms with Gasteiger partial charge in [0.15, 0.2) is 0 Å². The van der Waals surface area contributed by atoms with Crippen molar-refractivity contribution in [3.05, 3.63) is 29.8 Å². The maximum Gasteiger partial charge on any atom is 0.119 e. The Kier molecular flexibility index (Phi) is 7.11. The Balaban J connectivity index is 1.50. The van der Waals surface area contributed by atoms with Gasteiger partial charge in [-0.15, -0.1) is 0 Å². The van der Waals surface area contributed by atoms with Gasteiger partial charge in [0.05, 0.1) is 25.4 Å². The minimum absolute atomic E-state index is 0.0914. The van der Waals surface area contributed by atoms with Gasteiger partial charge in [0.2, 0.25) is 0 Å². The second-order valence-electron chi connectivity index (χ2n) is 7.13. The highest BCUT2D eigenvalue weighted by molar-refractivity contribution is 5.28. The molecule has 0 amide bonds. The quantitative estimate of drug-likeness (QED) is 0.780. The number of piperidine rings is 1. The summed E-state index contributed by atoms with van der Waals surface area (Å²) < 4.78 is 11.4. The van der Waals surface area contributed by atoms with Crippen molar-refractivity contribution in [2.45, 2.75) is 44.9 Å². The van der Waals surface area contributed by atoms with Crippen molar-refractivity contribution in [1.82, 2.24) is 9.80 Å². The molecule has 2 atom stereocenters. The van der Waals surface area contributed by atoms with Crippen molar-refractivity contribution < 1.29 is 14.6 Å². The number of rotatable bonds is 8. The number of aliphatic hydroxyl groups is 1. The number of likely N-dealkylation sites (tertiary alicyclic amines) is 1. The first-order chi connectivity index (χ1) is 12.3. The van der Waals surface area contributed by atoms with E-state index in [9.17, 15) is 5.11 Å². The standard InChI is InChI=1S/C20H32N2O3/c1-2-22(19-15-24-16-20(19)23)14-17-7-6-8-18(13-17)25-12-11-21-9-4-3-5-10-21/h6-8,13,19-20,23H,2-5,9-12,14-16H2,1H3/t19-,20-/m1/s1. The molecular formula is C20H32N2O3. The fraction of sp³-hybridized carbons (Fsp3) is 0.700. The lowest BCUT2D eigenvalue weighted by atomic mass is 10.1. The van der Waals surface area contributed by atoms with Gasteiger partial charge in [-0.1, -0.05) is 25.5 Å². The van der Waals surface area contributed by atoms with Crippen LogP contribution in [0.25, 0.3) is 0 Å². The predicted molar refractivity (Wildman–Crippen MR) is 98.9 cm³/mol. The Labute approximate surface area is 151 Å². The fourth-order valence-corrected chi connectivity index (χ4v) is 3.79. The molecule has 0 radical (unpaired) electrons. The Bertz CT molecular complexity index is 519. The first kappa shape index (κ1) is 18.6. The first-order valence-corrected chi connectivity index (χ1v) is 9.70. The van der Waals surface area contributed by atoms with Crippen LogP contribution < -0.4 is 4.74 Å². The van der Waals surface area contributed by atoms with E-state index in [4.69, 9.17) is 9.47 Å². The number of aliphatic hydroxyl groups excluding tert-OH is 1. The van der Waals surface area contributed by atoms with Crippen molar-refractivity contribution >= 4 is 0 Å². The van der Waals surface area contributed by atoms with Crippen molar-refractivity contribution in [2.24, 2.45) is 0 Å². The molecule has 1 N–H and O–H groups in total. The highest BCUT2D eigenvalue weighted by Gasteiger charge is 2.30. The third-order valence-corrected chi connectivity index (χ3v) is 5.31. The summed E-state index contributed by atoms with van der Waals surface area (Å²) in [5, 5.41) is 10.1. The van der Waals surface area contributed by atoms with Gasteiger partial charge in [-0.3, -0.25) is 9.80 Å². The molecule has 25 heavy (non-hydrogen) atoms. The average molecular weight is 348 g/mol. The molecule has 140 valence electrons. The average Bonchev–Trinajstić information content (AvgIpc) is 3.07. The summed E-state index contributed by atoms with van der Waals surface area (Å²) >= 11 is 0. The summed E-state index contributed by atoms with van der Waals surface area (Å²) in [5.74, 6) is 0.939. The molecule has 5 nitrogen and oxygen atoms in total. The van der Waals surface area contributed by atoms with E-state index in [1.54, 1.807) is 0 Å². The van der Waals surface area contributed by atoms with Crippen LogP contribution in [0, 0.1) is 0 Å². The van der Waals surface area contributed by atoms with Crippen LogP contribution in [0.1, 0.15) is 31.7 Å². The molecule has 0 unspecified atom stereocenters. The fourth-order valence-electron chi connectivity index (χ4n) is 3.79. The van der Waals surface area contributed by atoms with Crippen LogP contribution in [0.2, 0.25) is 0 Å². The Morgan fingerprint density at radius 3 is 2.80 bits per heavy atom. The predicted octanol–water partition coefficient (Wildman–Crippen LogP) is 2.13. The molecule has 3 rings (SSSR count). The minimum Gasteiger partial charge on any atom is -0.492 e. The van der Waals surface area contributed by atoms with E-state index in [0.29, 0.717) is 13.2 Å². The van der Waals surface area contributed by atoms with Gasteiger partial charge in [-0.05, 0) is 50.2 Å². The normalized spacial score (nSPS) is 24.8. The highest BCUT2D eigenvalue weighted by atomic mass is 16.5.